The molecule has 0 N–H and O–H groups in total. The lowest BCUT2D eigenvalue weighted by atomic mass is 10.1. The summed E-state index contributed by atoms with van der Waals surface area (Å²) in [5.41, 5.74) is 3.93. The third-order valence-corrected chi connectivity index (χ3v) is 2.98. The molecule has 0 aliphatic rings. The summed E-state index contributed by atoms with van der Waals surface area (Å²) in [7, 11) is 0. The van der Waals surface area contributed by atoms with Gasteiger partial charge in [-0.15, -0.1) is 0 Å². The van der Waals surface area contributed by atoms with Crippen LogP contribution in [0.15, 0.2) is 55.0 Å². The lowest BCUT2D eigenvalue weighted by Crippen LogP contribution is -1.99. The van der Waals surface area contributed by atoms with Gasteiger partial charge in [-0.05, 0) is 48.9 Å². The number of pyridine rings is 1. The number of hydrogen-bond acceptors (Lipinski definition) is 2. The molecule has 2 aromatic heterocycles. The van der Waals surface area contributed by atoms with E-state index in [1.165, 1.54) is 12.1 Å². The molecule has 0 bridgehead atoms. The second-order valence-corrected chi connectivity index (χ2v) is 4.30. The van der Waals surface area contributed by atoms with Gasteiger partial charge >= 0.3 is 0 Å². The molecule has 0 saturated carbocycles. The van der Waals surface area contributed by atoms with E-state index < -0.39 is 0 Å². The average Bonchev–Trinajstić information content (AvgIpc) is 2.82. The van der Waals surface area contributed by atoms with E-state index in [1.54, 1.807) is 30.7 Å². The molecule has 0 saturated heterocycles. The van der Waals surface area contributed by atoms with Gasteiger partial charge in [-0.1, -0.05) is 0 Å². The Kier molecular flexibility index (Phi) is 2.83. The van der Waals surface area contributed by atoms with Crippen LogP contribution in [0.4, 0.5) is 4.39 Å². The normalized spacial score (nSPS) is 10.6. The van der Waals surface area contributed by atoms with E-state index in [4.69, 9.17) is 0 Å². The number of hydrogen-bond donors (Lipinski definition) is 0. The van der Waals surface area contributed by atoms with Crippen molar-refractivity contribution in [1.82, 2.24) is 14.8 Å². The van der Waals surface area contributed by atoms with Crippen LogP contribution in [0.5, 0.6) is 0 Å². The molecular weight excluding hydrogens is 241 g/mol. The van der Waals surface area contributed by atoms with Gasteiger partial charge in [-0.3, -0.25) is 4.98 Å². The van der Waals surface area contributed by atoms with Crippen LogP contribution in [0.3, 0.4) is 0 Å². The van der Waals surface area contributed by atoms with Crippen LogP contribution >= 0.6 is 0 Å². The second-order valence-electron chi connectivity index (χ2n) is 4.30. The predicted octanol–water partition coefficient (Wildman–Crippen LogP) is 3.38. The molecule has 4 heteroatoms. The molecule has 94 valence electrons. The van der Waals surface area contributed by atoms with Crippen LogP contribution in [-0.2, 0) is 0 Å². The zero-order chi connectivity index (χ0) is 13.2. The zero-order valence-corrected chi connectivity index (χ0v) is 10.4. The minimum Gasteiger partial charge on any atom is -0.265 e. The first-order chi connectivity index (χ1) is 9.25. The smallest absolute Gasteiger partial charge is 0.123 e. The number of aromatic nitrogens is 3. The van der Waals surface area contributed by atoms with Crippen molar-refractivity contribution in [2.45, 2.75) is 6.92 Å². The molecule has 0 unspecified atom stereocenters. The fraction of sp³-hybridized carbons (Fsp3) is 0.0667. The van der Waals surface area contributed by atoms with Gasteiger partial charge in [0.15, 0.2) is 0 Å². The van der Waals surface area contributed by atoms with Gasteiger partial charge in [0, 0.05) is 18.0 Å². The highest BCUT2D eigenvalue weighted by molar-refractivity contribution is 5.64. The molecule has 0 spiro atoms. The quantitative estimate of drug-likeness (QED) is 0.701. The van der Waals surface area contributed by atoms with Crippen LogP contribution in [0.1, 0.15) is 5.56 Å². The zero-order valence-electron chi connectivity index (χ0n) is 10.4. The number of halogens is 1. The molecule has 3 rings (SSSR count). The summed E-state index contributed by atoms with van der Waals surface area (Å²) in [4.78, 5) is 4.02. The molecule has 2 heterocycles. The summed E-state index contributed by atoms with van der Waals surface area (Å²) in [5.74, 6) is -0.252. The van der Waals surface area contributed by atoms with Crippen LogP contribution in [0.2, 0.25) is 0 Å². The predicted molar refractivity (Wildman–Crippen MR) is 71.5 cm³/mol. The highest BCUT2D eigenvalue weighted by atomic mass is 19.1. The molecule has 0 fully saturated rings. The van der Waals surface area contributed by atoms with Crippen molar-refractivity contribution in [3.05, 3.63) is 66.4 Å². The van der Waals surface area contributed by atoms with Crippen LogP contribution in [0, 0.1) is 12.7 Å². The van der Waals surface area contributed by atoms with E-state index in [2.05, 4.69) is 10.1 Å². The Morgan fingerprint density at radius 3 is 2.37 bits per heavy atom. The summed E-state index contributed by atoms with van der Waals surface area (Å²) < 4.78 is 14.8. The number of benzene rings is 1. The molecule has 3 nitrogen and oxygen atoms in total. The van der Waals surface area contributed by atoms with E-state index >= 15 is 0 Å². The fourth-order valence-electron chi connectivity index (χ4n) is 2.07. The maximum atomic E-state index is 13.0. The van der Waals surface area contributed by atoms with E-state index in [0.29, 0.717) is 0 Å². The first-order valence-corrected chi connectivity index (χ1v) is 5.96. The molecular formula is C15H12FN3. The maximum absolute atomic E-state index is 13.0. The van der Waals surface area contributed by atoms with Crippen LogP contribution < -0.4 is 0 Å². The van der Waals surface area contributed by atoms with Gasteiger partial charge < -0.3 is 0 Å². The monoisotopic (exact) mass is 253 g/mol. The Morgan fingerprint density at radius 2 is 1.68 bits per heavy atom. The number of aryl methyl sites for hydroxylation is 1. The van der Waals surface area contributed by atoms with Crippen LogP contribution in [0.25, 0.3) is 16.9 Å². The van der Waals surface area contributed by atoms with Crippen molar-refractivity contribution in [2.24, 2.45) is 0 Å². The summed E-state index contributed by atoms with van der Waals surface area (Å²) in [6.45, 7) is 2.00. The largest absolute Gasteiger partial charge is 0.265 e. The molecule has 0 amide bonds. The molecule has 0 radical (unpaired) electrons. The molecule has 0 aliphatic carbocycles. The third-order valence-electron chi connectivity index (χ3n) is 2.98. The highest BCUT2D eigenvalue weighted by Crippen LogP contribution is 2.25. The molecule has 19 heavy (non-hydrogen) atoms. The average molecular weight is 253 g/mol. The van der Waals surface area contributed by atoms with E-state index in [9.17, 15) is 4.39 Å². The Balaban J connectivity index is 2.16. The van der Waals surface area contributed by atoms with Gasteiger partial charge in [-0.2, -0.15) is 5.10 Å². The lowest BCUT2D eigenvalue weighted by molar-refractivity contribution is 0.627. The van der Waals surface area contributed by atoms with Crippen molar-refractivity contribution in [1.29, 1.82) is 0 Å². The summed E-state index contributed by atoms with van der Waals surface area (Å²) in [6, 6.07) is 10.2. The van der Waals surface area contributed by atoms with E-state index in [1.807, 2.05) is 23.7 Å². The van der Waals surface area contributed by atoms with Gasteiger partial charge in [0.05, 0.1) is 17.6 Å². The van der Waals surface area contributed by atoms with Crippen LogP contribution in [-0.4, -0.2) is 14.8 Å². The molecule has 0 atom stereocenters. The Labute approximate surface area is 110 Å². The topological polar surface area (TPSA) is 30.7 Å². The Morgan fingerprint density at radius 1 is 1.00 bits per heavy atom. The highest BCUT2D eigenvalue weighted by Gasteiger charge is 2.11. The summed E-state index contributed by atoms with van der Waals surface area (Å²) in [5, 5.41) is 4.37. The first kappa shape index (κ1) is 11.6. The Hall–Kier alpha value is -2.49. The van der Waals surface area contributed by atoms with E-state index in [0.717, 1.165) is 22.5 Å². The number of rotatable bonds is 2. The maximum Gasteiger partial charge on any atom is 0.123 e. The number of nitrogens with zero attached hydrogens (tertiary/aromatic N) is 3. The van der Waals surface area contributed by atoms with Gasteiger partial charge in [0.2, 0.25) is 0 Å². The molecule has 0 aliphatic heterocycles. The van der Waals surface area contributed by atoms with Crippen molar-refractivity contribution >= 4 is 0 Å². The first-order valence-electron chi connectivity index (χ1n) is 5.96. The summed E-state index contributed by atoms with van der Waals surface area (Å²) in [6.07, 6.45) is 5.30. The third kappa shape index (κ3) is 2.12. The van der Waals surface area contributed by atoms with Crippen molar-refractivity contribution in [2.75, 3.05) is 0 Å². The molecule has 1 aromatic carbocycles. The van der Waals surface area contributed by atoms with Gasteiger partial charge in [-0.25, -0.2) is 9.07 Å². The van der Waals surface area contributed by atoms with Crippen molar-refractivity contribution < 1.29 is 4.39 Å². The lowest BCUT2D eigenvalue weighted by Gasteiger charge is -2.08. The Bertz CT molecular complexity index is 687. The van der Waals surface area contributed by atoms with Gasteiger partial charge in [0.1, 0.15) is 5.82 Å². The second kappa shape index (κ2) is 4.65. The SMILES string of the molecule is Cc1cnn(-c2ccc(F)cc2)c1-c1ccncc1. The minimum atomic E-state index is -0.252. The fourth-order valence-corrected chi connectivity index (χ4v) is 2.07. The van der Waals surface area contributed by atoms with E-state index in [-0.39, 0.29) is 5.82 Å². The van der Waals surface area contributed by atoms with Gasteiger partial charge in [0.25, 0.3) is 0 Å². The van der Waals surface area contributed by atoms with Crippen molar-refractivity contribution in [3.8, 4) is 16.9 Å². The van der Waals surface area contributed by atoms with Crippen molar-refractivity contribution in [3.63, 3.8) is 0 Å². The molecule has 3 aromatic rings. The standard InChI is InChI=1S/C15H12FN3/c1-11-10-18-19(14-4-2-13(16)3-5-14)15(11)12-6-8-17-9-7-12/h2-10H,1H3. The minimum absolute atomic E-state index is 0.252. The summed E-state index contributed by atoms with van der Waals surface area (Å²) >= 11 is 0.